The zero-order valence-corrected chi connectivity index (χ0v) is 11.3. The minimum Gasteiger partial charge on any atom is -0.394 e. The molecule has 0 saturated carbocycles. The first-order chi connectivity index (χ1) is 9.20. The lowest BCUT2D eigenvalue weighted by Gasteiger charge is -2.32. The normalized spacial score (nSPS) is 18.4. The van der Waals surface area contributed by atoms with Crippen LogP contribution in [-0.4, -0.2) is 36.8 Å². The van der Waals surface area contributed by atoms with Crippen LogP contribution in [0.3, 0.4) is 0 Å². The third kappa shape index (κ3) is 3.78. The number of carbonyl (C=O) groups is 1. The Morgan fingerprint density at radius 1 is 1.42 bits per heavy atom. The minimum atomic E-state index is -0.203. The molecular formula is C15H22N2O2. The lowest BCUT2D eigenvalue weighted by molar-refractivity contribution is -0.127. The van der Waals surface area contributed by atoms with Gasteiger partial charge in [-0.25, -0.2) is 0 Å². The van der Waals surface area contributed by atoms with Crippen molar-refractivity contribution < 1.29 is 9.90 Å². The molecule has 1 heterocycles. The van der Waals surface area contributed by atoms with E-state index < -0.39 is 0 Å². The summed E-state index contributed by atoms with van der Waals surface area (Å²) in [7, 11) is 0. The number of hydrogen-bond acceptors (Lipinski definition) is 3. The van der Waals surface area contributed by atoms with Gasteiger partial charge in [0, 0.05) is 5.92 Å². The molecule has 19 heavy (non-hydrogen) atoms. The lowest BCUT2D eigenvalue weighted by atomic mass is 9.88. The molecule has 4 nitrogen and oxygen atoms in total. The van der Waals surface area contributed by atoms with Gasteiger partial charge in [-0.05, 0) is 31.0 Å². The second-order valence-electron chi connectivity index (χ2n) is 5.28. The molecule has 104 valence electrons. The quantitative estimate of drug-likeness (QED) is 0.702. The molecule has 2 unspecified atom stereocenters. The lowest BCUT2D eigenvalue weighted by Crippen LogP contribution is -2.51. The van der Waals surface area contributed by atoms with Crippen LogP contribution in [0.5, 0.6) is 0 Å². The topological polar surface area (TPSA) is 61.4 Å². The highest BCUT2D eigenvalue weighted by Gasteiger charge is 2.29. The smallest absolute Gasteiger partial charge is 0.223 e. The van der Waals surface area contributed by atoms with Crippen molar-refractivity contribution in [2.75, 3.05) is 19.7 Å². The molecule has 1 amide bonds. The second kappa shape index (κ2) is 6.68. The molecule has 0 aromatic heterocycles. The maximum atomic E-state index is 12.1. The summed E-state index contributed by atoms with van der Waals surface area (Å²) in [6, 6.07) is 9.71. The van der Waals surface area contributed by atoms with Gasteiger partial charge in [-0.2, -0.15) is 0 Å². The number of nitrogens with one attached hydrogen (secondary N) is 2. The van der Waals surface area contributed by atoms with Crippen LogP contribution in [0, 0.1) is 11.8 Å². The first-order valence-corrected chi connectivity index (χ1v) is 6.86. The molecule has 1 aliphatic rings. The van der Waals surface area contributed by atoms with Crippen LogP contribution >= 0.6 is 0 Å². The van der Waals surface area contributed by atoms with E-state index in [1.54, 1.807) is 0 Å². The zero-order valence-electron chi connectivity index (χ0n) is 11.3. The van der Waals surface area contributed by atoms with E-state index in [0.717, 1.165) is 18.7 Å². The van der Waals surface area contributed by atoms with Crippen molar-refractivity contribution >= 4 is 5.91 Å². The Balaban J connectivity index is 1.86. The van der Waals surface area contributed by atoms with Gasteiger partial charge in [-0.3, -0.25) is 4.79 Å². The molecule has 1 fully saturated rings. The predicted molar refractivity (Wildman–Crippen MR) is 74.7 cm³/mol. The largest absolute Gasteiger partial charge is 0.394 e. The number of benzene rings is 1. The van der Waals surface area contributed by atoms with Crippen LogP contribution in [0.25, 0.3) is 0 Å². The second-order valence-corrected chi connectivity index (χ2v) is 5.28. The Morgan fingerprint density at radius 3 is 2.63 bits per heavy atom. The summed E-state index contributed by atoms with van der Waals surface area (Å²) in [5.41, 5.74) is 1.12. The summed E-state index contributed by atoms with van der Waals surface area (Å²) >= 11 is 0. The van der Waals surface area contributed by atoms with Gasteiger partial charge in [0.1, 0.15) is 0 Å². The molecule has 1 saturated heterocycles. The van der Waals surface area contributed by atoms with Crippen molar-refractivity contribution in [3.8, 4) is 0 Å². The van der Waals surface area contributed by atoms with E-state index in [-0.39, 0.29) is 24.5 Å². The molecule has 3 N–H and O–H groups in total. The summed E-state index contributed by atoms with van der Waals surface area (Å²) in [5.74, 6) is 0.476. The standard InChI is InChI=1S/C15H22N2O2/c1-11(13-8-16-9-13)15(19)17-14(10-18)7-12-5-3-2-4-6-12/h2-6,11,13-14,16,18H,7-10H2,1H3,(H,17,19). The van der Waals surface area contributed by atoms with Crippen LogP contribution in [0.15, 0.2) is 30.3 Å². The summed E-state index contributed by atoms with van der Waals surface area (Å²) in [6.07, 6.45) is 0.665. The van der Waals surface area contributed by atoms with Gasteiger partial charge in [0.25, 0.3) is 0 Å². The molecule has 2 atom stereocenters. The first kappa shape index (κ1) is 14.0. The fraction of sp³-hybridized carbons (Fsp3) is 0.533. The molecule has 2 rings (SSSR count). The van der Waals surface area contributed by atoms with Gasteiger partial charge >= 0.3 is 0 Å². The average Bonchev–Trinajstić information content (AvgIpc) is 2.37. The average molecular weight is 262 g/mol. The van der Waals surface area contributed by atoms with Crippen LogP contribution < -0.4 is 10.6 Å². The molecule has 1 aliphatic heterocycles. The predicted octanol–water partition coefficient (Wildman–Crippen LogP) is 0.562. The van der Waals surface area contributed by atoms with Gasteiger partial charge < -0.3 is 15.7 Å². The highest BCUT2D eigenvalue weighted by atomic mass is 16.3. The van der Waals surface area contributed by atoms with E-state index in [0.29, 0.717) is 12.3 Å². The van der Waals surface area contributed by atoms with E-state index in [1.807, 2.05) is 37.3 Å². The molecular weight excluding hydrogens is 240 g/mol. The van der Waals surface area contributed by atoms with E-state index in [1.165, 1.54) is 0 Å². The Kier molecular flexibility index (Phi) is 4.93. The summed E-state index contributed by atoms with van der Waals surface area (Å²) < 4.78 is 0. The first-order valence-electron chi connectivity index (χ1n) is 6.86. The number of aliphatic hydroxyl groups is 1. The highest BCUT2D eigenvalue weighted by Crippen LogP contribution is 2.16. The number of aliphatic hydroxyl groups excluding tert-OH is 1. The Bertz CT molecular complexity index is 404. The van der Waals surface area contributed by atoms with Crippen molar-refractivity contribution in [1.29, 1.82) is 0 Å². The van der Waals surface area contributed by atoms with Gasteiger partial charge in [0.2, 0.25) is 5.91 Å². The van der Waals surface area contributed by atoms with Crippen molar-refractivity contribution in [3.63, 3.8) is 0 Å². The fourth-order valence-electron chi connectivity index (χ4n) is 2.27. The van der Waals surface area contributed by atoms with Crippen LogP contribution in [0.2, 0.25) is 0 Å². The molecule has 0 aliphatic carbocycles. The number of hydrogen-bond donors (Lipinski definition) is 3. The maximum Gasteiger partial charge on any atom is 0.223 e. The number of amides is 1. The van der Waals surface area contributed by atoms with E-state index >= 15 is 0 Å². The Morgan fingerprint density at radius 2 is 2.11 bits per heavy atom. The van der Waals surface area contributed by atoms with Crippen LogP contribution in [0.4, 0.5) is 0 Å². The number of rotatable bonds is 6. The molecule has 1 aromatic carbocycles. The van der Waals surface area contributed by atoms with Crippen LogP contribution in [-0.2, 0) is 11.2 Å². The highest BCUT2D eigenvalue weighted by molar-refractivity contribution is 5.79. The third-order valence-corrected chi connectivity index (χ3v) is 3.83. The van der Waals surface area contributed by atoms with Gasteiger partial charge in [-0.15, -0.1) is 0 Å². The summed E-state index contributed by atoms with van der Waals surface area (Å²) in [6.45, 7) is 3.75. The molecule has 0 bridgehead atoms. The van der Waals surface area contributed by atoms with Crippen molar-refractivity contribution in [3.05, 3.63) is 35.9 Å². The minimum absolute atomic E-state index is 0.00562. The molecule has 0 radical (unpaired) electrons. The molecule has 1 aromatic rings. The molecule has 0 spiro atoms. The SMILES string of the molecule is CC(C(=O)NC(CO)Cc1ccccc1)C1CNC1. The Hall–Kier alpha value is -1.39. The van der Waals surface area contributed by atoms with Gasteiger partial charge in [-0.1, -0.05) is 37.3 Å². The van der Waals surface area contributed by atoms with E-state index in [4.69, 9.17) is 0 Å². The van der Waals surface area contributed by atoms with E-state index in [2.05, 4.69) is 10.6 Å². The van der Waals surface area contributed by atoms with Crippen molar-refractivity contribution in [1.82, 2.24) is 10.6 Å². The van der Waals surface area contributed by atoms with Crippen molar-refractivity contribution in [2.24, 2.45) is 11.8 Å². The molecule has 4 heteroatoms. The van der Waals surface area contributed by atoms with E-state index in [9.17, 15) is 9.90 Å². The van der Waals surface area contributed by atoms with Gasteiger partial charge in [0.05, 0.1) is 12.6 Å². The summed E-state index contributed by atoms with van der Waals surface area (Å²) in [4.78, 5) is 12.1. The maximum absolute atomic E-state index is 12.1. The zero-order chi connectivity index (χ0) is 13.7. The van der Waals surface area contributed by atoms with Crippen LogP contribution in [0.1, 0.15) is 12.5 Å². The Labute approximate surface area is 114 Å². The fourth-order valence-corrected chi connectivity index (χ4v) is 2.27. The van der Waals surface area contributed by atoms with Crippen molar-refractivity contribution in [2.45, 2.75) is 19.4 Å². The monoisotopic (exact) mass is 262 g/mol. The third-order valence-electron chi connectivity index (χ3n) is 3.83. The summed E-state index contributed by atoms with van der Waals surface area (Å²) in [5, 5.41) is 15.5. The van der Waals surface area contributed by atoms with Gasteiger partial charge in [0.15, 0.2) is 0 Å². The number of carbonyl (C=O) groups excluding carboxylic acids is 1.